The van der Waals surface area contributed by atoms with Crippen LogP contribution in [-0.4, -0.2) is 52.9 Å². The van der Waals surface area contributed by atoms with Gasteiger partial charge in [-0.3, -0.25) is 9.69 Å². The fourth-order valence-electron chi connectivity index (χ4n) is 3.63. The fraction of sp³-hybridized carbons (Fsp3) is 0.421. The number of likely N-dealkylation sites (tertiary alicyclic amines) is 1. The van der Waals surface area contributed by atoms with Gasteiger partial charge in [0.15, 0.2) is 0 Å². The first-order valence-corrected chi connectivity index (χ1v) is 10.4. The second kappa shape index (κ2) is 7.06. The van der Waals surface area contributed by atoms with Crippen LogP contribution >= 0.6 is 22.7 Å². The van der Waals surface area contributed by atoms with E-state index in [1.54, 1.807) is 22.4 Å². The molecule has 0 aliphatic carbocycles. The van der Waals surface area contributed by atoms with Crippen LogP contribution in [0.4, 0.5) is 0 Å². The summed E-state index contributed by atoms with van der Waals surface area (Å²) in [5.74, 6) is 0.459. The van der Waals surface area contributed by atoms with E-state index in [0.29, 0.717) is 5.92 Å². The van der Waals surface area contributed by atoms with Crippen molar-refractivity contribution in [2.24, 2.45) is 0 Å². The minimum atomic E-state index is 0.0829. The van der Waals surface area contributed by atoms with E-state index >= 15 is 0 Å². The molecule has 1 amide bonds. The molecule has 0 spiro atoms. The number of amides is 1. The number of hydrogen-bond acceptors (Lipinski definition) is 6. The number of aryl methyl sites for hydroxylation is 1. The van der Waals surface area contributed by atoms with E-state index < -0.39 is 0 Å². The van der Waals surface area contributed by atoms with Crippen LogP contribution in [0, 0.1) is 6.92 Å². The van der Waals surface area contributed by atoms with Crippen LogP contribution < -0.4 is 0 Å². The van der Waals surface area contributed by atoms with Gasteiger partial charge in [0, 0.05) is 55.8 Å². The van der Waals surface area contributed by atoms with E-state index in [-0.39, 0.29) is 5.91 Å². The lowest BCUT2D eigenvalue weighted by Crippen LogP contribution is -2.23. The largest absolute Gasteiger partial charge is 0.344 e. The highest BCUT2D eigenvalue weighted by Crippen LogP contribution is 2.40. The maximum Gasteiger partial charge on any atom is 0.263 e. The van der Waals surface area contributed by atoms with Crippen molar-refractivity contribution in [1.82, 2.24) is 19.8 Å². The van der Waals surface area contributed by atoms with E-state index in [0.717, 1.165) is 46.2 Å². The Balaban J connectivity index is 1.63. The minimum absolute atomic E-state index is 0.0829. The highest BCUT2D eigenvalue weighted by atomic mass is 32.1. The van der Waals surface area contributed by atoms with Gasteiger partial charge in [-0.15, -0.1) is 22.7 Å². The van der Waals surface area contributed by atoms with E-state index in [1.165, 1.54) is 21.8 Å². The molecule has 0 bridgehead atoms. The van der Waals surface area contributed by atoms with Gasteiger partial charge in [0.25, 0.3) is 5.91 Å². The van der Waals surface area contributed by atoms with Crippen molar-refractivity contribution in [3.05, 3.63) is 44.9 Å². The first-order chi connectivity index (χ1) is 12.5. The Bertz CT molecular complexity index is 946. The SMILES string of the molecule is Cc1ncc(CN2CCC(c3c(C(=O)N(C)C)sc4ncccc34)C2)s1. The van der Waals surface area contributed by atoms with Gasteiger partial charge < -0.3 is 4.90 Å². The van der Waals surface area contributed by atoms with E-state index in [2.05, 4.69) is 20.9 Å². The molecule has 0 radical (unpaired) electrons. The Hall–Kier alpha value is -1.83. The summed E-state index contributed by atoms with van der Waals surface area (Å²) in [6.45, 7) is 5.02. The molecule has 4 heterocycles. The molecular weight excluding hydrogens is 364 g/mol. The first-order valence-electron chi connectivity index (χ1n) is 8.75. The van der Waals surface area contributed by atoms with E-state index in [9.17, 15) is 4.79 Å². The predicted molar refractivity (Wildman–Crippen MR) is 107 cm³/mol. The third kappa shape index (κ3) is 3.26. The number of pyridine rings is 1. The van der Waals surface area contributed by atoms with Crippen LogP contribution in [0.15, 0.2) is 24.5 Å². The molecule has 7 heteroatoms. The highest BCUT2D eigenvalue weighted by molar-refractivity contribution is 7.20. The molecule has 26 heavy (non-hydrogen) atoms. The zero-order valence-corrected chi connectivity index (χ0v) is 16.9. The Labute approximate surface area is 161 Å². The third-order valence-corrected chi connectivity index (χ3v) is 6.85. The number of rotatable bonds is 4. The van der Waals surface area contributed by atoms with Crippen molar-refractivity contribution in [2.75, 3.05) is 27.2 Å². The average molecular weight is 387 g/mol. The molecule has 1 aliphatic heterocycles. The lowest BCUT2D eigenvalue weighted by Gasteiger charge is -2.17. The number of fused-ring (bicyclic) bond motifs is 1. The number of carbonyl (C=O) groups is 1. The smallest absolute Gasteiger partial charge is 0.263 e. The van der Waals surface area contributed by atoms with Gasteiger partial charge in [-0.1, -0.05) is 6.07 Å². The monoisotopic (exact) mass is 386 g/mol. The zero-order chi connectivity index (χ0) is 18.3. The number of hydrogen-bond donors (Lipinski definition) is 0. The lowest BCUT2D eigenvalue weighted by molar-refractivity contribution is 0.0831. The van der Waals surface area contributed by atoms with Crippen molar-refractivity contribution in [2.45, 2.75) is 25.8 Å². The highest BCUT2D eigenvalue weighted by Gasteiger charge is 2.31. The quantitative estimate of drug-likeness (QED) is 0.685. The van der Waals surface area contributed by atoms with Gasteiger partial charge >= 0.3 is 0 Å². The average Bonchev–Trinajstić information content (AvgIpc) is 3.32. The van der Waals surface area contributed by atoms with Crippen LogP contribution in [0.3, 0.4) is 0 Å². The van der Waals surface area contributed by atoms with E-state index in [1.807, 2.05) is 33.3 Å². The topological polar surface area (TPSA) is 49.3 Å². The normalized spacial score (nSPS) is 17.9. The second-order valence-electron chi connectivity index (χ2n) is 6.97. The van der Waals surface area contributed by atoms with Crippen molar-refractivity contribution < 1.29 is 4.79 Å². The van der Waals surface area contributed by atoms with Crippen LogP contribution in [-0.2, 0) is 6.54 Å². The van der Waals surface area contributed by atoms with Gasteiger partial charge in [-0.2, -0.15) is 0 Å². The molecule has 1 saturated heterocycles. The molecule has 1 fully saturated rings. The molecule has 136 valence electrons. The standard InChI is InChI=1S/C19H22N4OS2/c1-12-21-9-14(25-12)11-23-8-6-13(10-23)16-15-5-4-7-20-18(15)26-17(16)19(24)22(2)3/h4-5,7,9,13H,6,8,10-11H2,1-3H3. The Morgan fingerprint density at radius 2 is 2.19 bits per heavy atom. The number of aromatic nitrogens is 2. The van der Waals surface area contributed by atoms with Gasteiger partial charge in [-0.05, 0) is 31.5 Å². The summed E-state index contributed by atoms with van der Waals surface area (Å²) in [6.07, 6.45) is 4.87. The van der Waals surface area contributed by atoms with Gasteiger partial charge in [0.05, 0.1) is 9.88 Å². The number of nitrogens with zero attached hydrogens (tertiary/aromatic N) is 4. The van der Waals surface area contributed by atoms with Crippen molar-refractivity contribution in [1.29, 1.82) is 0 Å². The number of thiazole rings is 1. The van der Waals surface area contributed by atoms with Gasteiger partial charge in [-0.25, -0.2) is 9.97 Å². The summed E-state index contributed by atoms with van der Waals surface area (Å²) in [5, 5.41) is 2.26. The van der Waals surface area contributed by atoms with E-state index in [4.69, 9.17) is 0 Å². The second-order valence-corrected chi connectivity index (χ2v) is 9.29. The third-order valence-electron chi connectivity index (χ3n) is 4.83. The van der Waals surface area contributed by atoms with Gasteiger partial charge in [0.1, 0.15) is 4.83 Å². The Morgan fingerprint density at radius 1 is 1.35 bits per heavy atom. The maximum absolute atomic E-state index is 12.8. The van der Waals surface area contributed by atoms with Crippen molar-refractivity contribution in [3.63, 3.8) is 0 Å². The summed E-state index contributed by atoms with van der Waals surface area (Å²) in [6, 6.07) is 4.07. The lowest BCUT2D eigenvalue weighted by atomic mass is 9.95. The molecule has 0 saturated carbocycles. The Kier molecular flexibility index (Phi) is 4.77. The molecule has 3 aromatic heterocycles. The minimum Gasteiger partial charge on any atom is -0.344 e. The molecular formula is C19H22N4OS2. The molecule has 1 unspecified atom stereocenters. The summed E-state index contributed by atoms with van der Waals surface area (Å²) in [5.41, 5.74) is 1.19. The predicted octanol–water partition coefficient (Wildman–Crippen LogP) is 3.75. The van der Waals surface area contributed by atoms with Crippen LogP contribution in [0.1, 0.15) is 37.5 Å². The summed E-state index contributed by atoms with van der Waals surface area (Å²) < 4.78 is 0. The molecule has 3 aromatic rings. The zero-order valence-electron chi connectivity index (χ0n) is 15.2. The first kappa shape index (κ1) is 17.6. The maximum atomic E-state index is 12.8. The molecule has 4 rings (SSSR count). The molecule has 1 aliphatic rings. The number of carbonyl (C=O) groups excluding carboxylic acids is 1. The molecule has 1 atom stereocenters. The molecule has 0 aromatic carbocycles. The Morgan fingerprint density at radius 3 is 2.92 bits per heavy atom. The summed E-state index contributed by atoms with van der Waals surface area (Å²) in [7, 11) is 3.63. The van der Waals surface area contributed by atoms with Crippen LogP contribution in [0.2, 0.25) is 0 Å². The fourth-order valence-corrected chi connectivity index (χ4v) is 5.72. The van der Waals surface area contributed by atoms with Crippen molar-refractivity contribution >= 4 is 38.8 Å². The summed E-state index contributed by atoms with van der Waals surface area (Å²) in [4.78, 5) is 28.9. The van der Waals surface area contributed by atoms with Crippen LogP contribution in [0.5, 0.6) is 0 Å². The van der Waals surface area contributed by atoms with Gasteiger partial charge in [0.2, 0.25) is 0 Å². The molecule has 0 N–H and O–H groups in total. The summed E-state index contributed by atoms with van der Waals surface area (Å²) >= 11 is 3.29. The number of thiophene rings is 1. The van der Waals surface area contributed by atoms with Crippen LogP contribution in [0.25, 0.3) is 10.2 Å². The molecule has 5 nitrogen and oxygen atoms in total. The van der Waals surface area contributed by atoms with Crippen molar-refractivity contribution in [3.8, 4) is 0 Å².